The van der Waals surface area contributed by atoms with Gasteiger partial charge in [0.05, 0.1) is 0 Å². The summed E-state index contributed by atoms with van der Waals surface area (Å²) in [7, 11) is 0. The second kappa shape index (κ2) is 5.85. The third-order valence-corrected chi connectivity index (χ3v) is 3.07. The summed E-state index contributed by atoms with van der Waals surface area (Å²) < 4.78 is 0. The summed E-state index contributed by atoms with van der Waals surface area (Å²) in [4.78, 5) is 11.2. The number of carbonyl (C=O) groups excluding carboxylic acids is 1. The fraction of sp³-hybridized carbons (Fsp3) is 0. The highest BCUT2D eigenvalue weighted by atomic mass is 35.5. The molecule has 3 heteroatoms. The molecule has 2 aromatic rings. The Morgan fingerprint density at radius 1 is 1.00 bits per heavy atom. The van der Waals surface area contributed by atoms with Crippen molar-refractivity contribution in [3.8, 4) is 0 Å². The Hall–Kier alpha value is -1.57. The van der Waals surface area contributed by atoms with E-state index >= 15 is 0 Å². The molecule has 0 fully saturated rings. The minimum atomic E-state index is 0.526. The molecule has 0 aliphatic carbocycles. The average molecular weight is 277 g/mol. The molecule has 0 heterocycles. The Morgan fingerprint density at radius 3 is 2.33 bits per heavy atom. The Bertz CT molecular complexity index is 589. The topological polar surface area (TPSA) is 17.1 Å². The molecule has 1 nitrogen and oxygen atoms in total. The van der Waals surface area contributed by atoms with Crippen molar-refractivity contribution in [2.75, 3.05) is 0 Å². The molecule has 0 spiro atoms. The van der Waals surface area contributed by atoms with Gasteiger partial charge >= 0.3 is 0 Å². The van der Waals surface area contributed by atoms with Crippen LogP contribution in [0.25, 0.3) is 11.6 Å². The summed E-state index contributed by atoms with van der Waals surface area (Å²) in [6, 6.07) is 14.6. The molecule has 0 aromatic heterocycles. The van der Waals surface area contributed by atoms with E-state index in [0.717, 1.165) is 17.4 Å². The molecule has 0 atom stereocenters. The molecule has 0 unspecified atom stereocenters. The van der Waals surface area contributed by atoms with Crippen LogP contribution in [0.1, 0.15) is 11.1 Å². The van der Waals surface area contributed by atoms with Crippen molar-refractivity contribution in [2.45, 2.75) is 0 Å². The van der Waals surface area contributed by atoms with Gasteiger partial charge in [0.25, 0.3) is 0 Å². The number of halogens is 2. The third-order valence-electron chi connectivity index (χ3n) is 2.51. The second-order valence-electron chi connectivity index (χ2n) is 3.75. The lowest BCUT2D eigenvalue weighted by molar-refractivity contribution is -0.103. The number of hydrogen-bond acceptors (Lipinski definition) is 1. The summed E-state index contributed by atoms with van der Waals surface area (Å²) in [6.45, 7) is 0. The van der Waals surface area contributed by atoms with Crippen LogP contribution in [-0.2, 0) is 4.79 Å². The number of hydrogen-bond donors (Lipinski definition) is 0. The highest BCUT2D eigenvalue weighted by Gasteiger charge is 2.03. The van der Waals surface area contributed by atoms with Crippen LogP contribution in [0.2, 0.25) is 10.0 Å². The van der Waals surface area contributed by atoms with E-state index in [9.17, 15) is 4.79 Å². The molecule has 0 saturated heterocycles. The van der Waals surface area contributed by atoms with Crippen molar-refractivity contribution < 1.29 is 4.79 Å². The molecule has 90 valence electrons. The first-order chi connectivity index (χ1) is 8.70. The zero-order chi connectivity index (χ0) is 13.0. The largest absolute Gasteiger partial charge is 0.298 e. The molecule has 18 heavy (non-hydrogen) atoms. The van der Waals surface area contributed by atoms with Crippen LogP contribution in [0.3, 0.4) is 0 Å². The third kappa shape index (κ3) is 3.00. The summed E-state index contributed by atoms with van der Waals surface area (Å²) in [5.74, 6) is 0. The molecule has 0 amide bonds. The number of carbonyl (C=O) groups is 1. The second-order valence-corrected chi connectivity index (χ2v) is 4.59. The van der Waals surface area contributed by atoms with Gasteiger partial charge < -0.3 is 0 Å². The molecular formula is C15H10Cl2O. The minimum absolute atomic E-state index is 0.526. The molecule has 0 saturated carbocycles. The predicted octanol–water partition coefficient (Wildman–Crippen LogP) is 4.73. The van der Waals surface area contributed by atoms with Crippen molar-refractivity contribution in [1.82, 2.24) is 0 Å². The fourth-order valence-corrected chi connectivity index (χ4v) is 2.07. The lowest BCUT2D eigenvalue weighted by atomic mass is 10.0. The van der Waals surface area contributed by atoms with Crippen molar-refractivity contribution in [1.29, 1.82) is 0 Å². The summed E-state index contributed by atoms with van der Waals surface area (Å²) >= 11 is 11.9. The van der Waals surface area contributed by atoms with E-state index in [-0.39, 0.29) is 0 Å². The standard InChI is InChI=1S/C15H10Cl2O/c16-14-7-6-12(15(17)9-14)8-13(10-18)11-4-2-1-3-5-11/h1-10H/b13-8-. The van der Waals surface area contributed by atoms with E-state index in [1.54, 1.807) is 24.3 Å². The Morgan fingerprint density at radius 2 is 1.72 bits per heavy atom. The lowest BCUT2D eigenvalue weighted by Crippen LogP contribution is -1.86. The van der Waals surface area contributed by atoms with Crippen LogP contribution in [0.5, 0.6) is 0 Å². The Labute approximate surface area is 116 Å². The average Bonchev–Trinajstić information content (AvgIpc) is 2.39. The Kier molecular flexibility index (Phi) is 4.19. The van der Waals surface area contributed by atoms with Crippen LogP contribution in [-0.4, -0.2) is 6.29 Å². The van der Waals surface area contributed by atoms with Gasteiger partial charge in [0, 0.05) is 15.6 Å². The fourth-order valence-electron chi connectivity index (χ4n) is 1.60. The van der Waals surface area contributed by atoms with Gasteiger partial charge in [-0.15, -0.1) is 0 Å². The molecule has 2 rings (SSSR count). The van der Waals surface area contributed by atoms with Gasteiger partial charge in [-0.1, -0.05) is 59.6 Å². The first kappa shape index (κ1) is 12.9. The zero-order valence-corrected chi connectivity index (χ0v) is 10.9. The predicted molar refractivity (Wildman–Crippen MR) is 76.8 cm³/mol. The normalized spacial score (nSPS) is 11.3. The van der Waals surface area contributed by atoms with Gasteiger partial charge in [-0.3, -0.25) is 4.79 Å². The van der Waals surface area contributed by atoms with E-state index in [1.165, 1.54) is 0 Å². The monoisotopic (exact) mass is 276 g/mol. The van der Waals surface area contributed by atoms with Gasteiger partial charge in [0.1, 0.15) is 0 Å². The first-order valence-electron chi connectivity index (χ1n) is 5.38. The number of allylic oxidation sites excluding steroid dienone is 1. The van der Waals surface area contributed by atoms with Crippen molar-refractivity contribution in [3.05, 3.63) is 69.7 Å². The van der Waals surface area contributed by atoms with Crippen LogP contribution < -0.4 is 0 Å². The molecule has 0 N–H and O–H groups in total. The van der Waals surface area contributed by atoms with Crippen LogP contribution in [0.4, 0.5) is 0 Å². The maximum absolute atomic E-state index is 11.2. The summed E-state index contributed by atoms with van der Waals surface area (Å²) in [6.07, 6.45) is 2.57. The quantitative estimate of drug-likeness (QED) is 0.450. The van der Waals surface area contributed by atoms with Gasteiger partial charge in [0.2, 0.25) is 0 Å². The molecule has 0 aliphatic heterocycles. The highest BCUT2D eigenvalue weighted by Crippen LogP contribution is 2.25. The van der Waals surface area contributed by atoms with E-state index < -0.39 is 0 Å². The van der Waals surface area contributed by atoms with Crippen molar-refractivity contribution in [3.63, 3.8) is 0 Å². The summed E-state index contributed by atoms with van der Waals surface area (Å²) in [5, 5.41) is 1.10. The Balaban J connectivity index is 2.44. The lowest BCUT2D eigenvalue weighted by Gasteiger charge is -2.03. The van der Waals surface area contributed by atoms with E-state index in [4.69, 9.17) is 23.2 Å². The first-order valence-corrected chi connectivity index (χ1v) is 6.13. The van der Waals surface area contributed by atoms with Gasteiger partial charge in [0.15, 0.2) is 6.29 Å². The SMILES string of the molecule is O=C/C(=C/c1ccc(Cl)cc1Cl)c1ccccc1. The minimum Gasteiger partial charge on any atom is -0.298 e. The smallest absolute Gasteiger partial charge is 0.150 e. The summed E-state index contributed by atoms with van der Waals surface area (Å²) in [5.41, 5.74) is 2.21. The number of rotatable bonds is 3. The van der Waals surface area contributed by atoms with Crippen LogP contribution in [0.15, 0.2) is 48.5 Å². The van der Waals surface area contributed by atoms with Gasteiger partial charge in [-0.25, -0.2) is 0 Å². The molecule has 2 aromatic carbocycles. The van der Waals surface area contributed by atoms with Crippen molar-refractivity contribution in [2.24, 2.45) is 0 Å². The maximum atomic E-state index is 11.2. The van der Waals surface area contributed by atoms with E-state index in [2.05, 4.69) is 0 Å². The van der Waals surface area contributed by atoms with Gasteiger partial charge in [-0.05, 0) is 29.3 Å². The molecular weight excluding hydrogens is 267 g/mol. The number of aldehydes is 1. The number of benzene rings is 2. The highest BCUT2D eigenvalue weighted by molar-refractivity contribution is 6.35. The molecule has 0 aliphatic rings. The van der Waals surface area contributed by atoms with E-state index in [0.29, 0.717) is 15.6 Å². The zero-order valence-electron chi connectivity index (χ0n) is 9.44. The molecule has 0 radical (unpaired) electrons. The van der Waals surface area contributed by atoms with Crippen molar-refractivity contribution >= 4 is 41.1 Å². The van der Waals surface area contributed by atoms with E-state index in [1.807, 2.05) is 30.3 Å². The van der Waals surface area contributed by atoms with Gasteiger partial charge in [-0.2, -0.15) is 0 Å². The van der Waals surface area contributed by atoms with Crippen LogP contribution in [0, 0.1) is 0 Å². The molecule has 0 bridgehead atoms. The maximum Gasteiger partial charge on any atom is 0.150 e. The van der Waals surface area contributed by atoms with Crippen LogP contribution >= 0.6 is 23.2 Å².